The molecule has 0 fully saturated rings. The van der Waals surface area contributed by atoms with Gasteiger partial charge in [0.25, 0.3) is 0 Å². The van der Waals surface area contributed by atoms with Gasteiger partial charge in [-0.2, -0.15) is 0 Å². The lowest BCUT2D eigenvalue weighted by atomic mass is 10.0. The Balaban J connectivity index is 2.40. The van der Waals surface area contributed by atoms with Gasteiger partial charge in [-0.3, -0.25) is 0 Å². The van der Waals surface area contributed by atoms with Crippen LogP contribution >= 0.6 is 0 Å². The first-order chi connectivity index (χ1) is 9.09. The van der Waals surface area contributed by atoms with Crippen LogP contribution in [0, 0.1) is 5.92 Å². The lowest BCUT2D eigenvalue weighted by Crippen LogP contribution is -2.23. The Morgan fingerprint density at radius 3 is 2.58 bits per heavy atom. The summed E-state index contributed by atoms with van der Waals surface area (Å²) in [4.78, 5) is 11.4. The first-order valence-corrected chi connectivity index (χ1v) is 6.15. The molecular formula is C13H16N4O2. The summed E-state index contributed by atoms with van der Waals surface area (Å²) in [6, 6.07) is 8.59. The van der Waals surface area contributed by atoms with E-state index in [9.17, 15) is 9.90 Å². The molecule has 0 saturated carbocycles. The van der Waals surface area contributed by atoms with Crippen LogP contribution in [-0.4, -0.2) is 31.3 Å². The van der Waals surface area contributed by atoms with Crippen LogP contribution in [0.1, 0.15) is 26.3 Å². The normalized spacial score (nSPS) is 12.6. The van der Waals surface area contributed by atoms with Crippen LogP contribution in [0.25, 0.3) is 11.4 Å². The van der Waals surface area contributed by atoms with Gasteiger partial charge in [-0.1, -0.05) is 44.2 Å². The summed E-state index contributed by atoms with van der Waals surface area (Å²) in [6.07, 6.45) is 0.486. The molecule has 6 heteroatoms. The Morgan fingerprint density at radius 2 is 2.00 bits per heavy atom. The van der Waals surface area contributed by atoms with Crippen molar-refractivity contribution in [2.24, 2.45) is 5.92 Å². The highest BCUT2D eigenvalue weighted by atomic mass is 16.4. The third-order valence-electron chi connectivity index (χ3n) is 2.80. The molecule has 0 saturated heterocycles. The topological polar surface area (TPSA) is 80.9 Å². The predicted molar refractivity (Wildman–Crippen MR) is 69.4 cm³/mol. The van der Waals surface area contributed by atoms with E-state index in [2.05, 4.69) is 15.5 Å². The molecule has 1 unspecified atom stereocenters. The third kappa shape index (κ3) is 2.96. The lowest BCUT2D eigenvalue weighted by molar-refractivity contribution is -0.141. The molecule has 1 N–H and O–H groups in total. The monoisotopic (exact) mass is 260 g/mol. The fourth-order valence-corrected chi connectivity index (χ4v) is 1.93. The van der Waals surface area contributed by atoms with Crippen LogP contribution in [0.5, 0.6) is 0 Å². The highest BCUT2D eigenvalue weighted by Crippen LogP contribution is 2.23. The van der Waals surface area contributed by atoms with Crippen molar-refractivity contribution in [3.05, 3.63) is 30.3 Å². The largest absolute Gasteiger partial charge is 0.480 e. The Hall–Kier alpha value is -2.24. The van der Waals surface area contributed by atoms with Gasteiger partial charge in [-0.25, -0.2) is 9.48 Å². The number of benzene rings is 1. The third-order valence-corrected chi connectivity index (χ3v) is 2.80. The van der Waals surface area contributed by atoms with Crippen LogP contribution in [0.3, 0.4) is 0 Å². The van der Waals surface area contributed by atoms with Crippen LogP contribution in [0.15, 0.2) is 30.3 Å². The molecule has 1 aromatic carbocycles. The van der Waals surface area contributed by atoms with Crippen molar-refractivity contribution in [1.29, 1.82) is 0 Å². The van der Waals surface area contributed by atoms with E-state index in [-0.39, 0.29) is 5.92 Å². The highest BCUT2D eigenvalue weighted by molar-refractivity contribution is 5.72. The minimum absolute atomic E-state index is 0.244. The summed E-state index contributed by atoms with van der Waals surface area (Å²) >= 11 is 0. The van der Waals surface area contributed by atoms with Crippen LogP contribution < -0.4 is 0 Å². The van der Waals surface area contributed by atoms with Gasteiger partial charge in [0.05, 0.1) is 0 Å². The SMILES string of the molecule is CC(C)CC(C(=O)O)n1nnnc1-c1ccccc1. The molecule has 1 heterocycles. The number of hydrogen-bond donors (Lipinski definition) is 1. The van der Waals surface area contributed by atoms with Gasteiger partial charge < -0.3 is 5.11 Å². The summed E-state index contributed by atoms with van der Waals surface area (Å²) in [5.74, 6) is -0.194. The minimum atomic E-state index is -0.918. The van der Waals surface area contributed by atoms with E-state index in [1.165, 1.54) is 4.68 Å². The number of aromatic nitrogens is 4. The quantitative estimate of drug-likeness (QED) is 0.889. The van der Waals surface area contributed by atoms with Gasteiger partial charge in [0.1, 0.15) is 0 Å². The maximum absolute atomic E-state index is 11.4. The smallest absolute Gasteiger partial charge is 0.328 e. The van der Waals surface area contributed by atoms with Crippen LogP contribution in [-0.2, 0) is 4.79 Å². The Bertz CT molecular complexity index is 551. The van der Waals surface area contributed by atoms with Gasteiger partial charge in [0.2, 0.25) is 0 Å². The lowest BCUT2D eigenvalue weighted by Gasteiger charge is -2.15. The van der Waals surface area contributed by atoms with E-state index < -0.39 is 12.0 Å². The number of carboxylic acid groups (broad SMARTS) is 1. The van der Waals surface area contributed by atoms with Crippen molar-refractivity contribution in [3.8, 4) is 11.4 Å². The molecule has 19 heavy (non-hydrogen) atoms. The van der Waals surface area contributed by atoms with E-state index in [0.29, 0.717) is 12.2 Å². The van der Waals surface area contributed by atoms with E-state index in [0.717, 1.165) is 5.56 Å². The molecule has 100 valence electrons. The van der Waals surface area contributed by atoms with Crippen LogP contribution in [0.2, 0.25) is 0 Å². The summed E-state index contributed by atoms with van der Waals surface area (Å²) in [6.45, 7) is 3.95. The standard InChI is InChI=1S/C13H16N4O2/c1-9(2)8-11(13(18)19)17-12(14-15-16-17)10-6-4-3-5-7-10/h3-7,9,11H,8H2,1-2H3,(H,18,19). The van der Waals surface area contributed by atoms with Gasteiger partial charge in [0, 0.05) is 5.56 Å². The first kappa shape index (κ1) is 13.2. The highest BCUT2D eigenvalue weighted by Gasteiger charge is 2.25. The Labute approximate surface area is 111 Å². The van der Waals surface area contributed by atoms with Gasteiger partial charge >= 0.3 is 5.97 Å². The maximum atomic E-state index is 11.4. The number of carboxylic acids is 1. The van der Waals surface area contributed by atoms with Gasteiger partial charge in [0.15, 0.2) is 11.9 Å². The van der Waals surface area contributed by atoms with Gasteiger partial charge in [-0.15, -0.1) is 5.10 Å². The van der Waals surface area contributed by atoms with Crippen molar-refractivity contribution in [3.63, 3.8) is 0 Å². The molecule has 0 spiro atoms. The van der Waals surface area contributed by atoms with Gasteiger partial charge in [-0.05, 0) is 22.8 Å². The number of aliphatic carboxylic acids is 1. The number of nitrogens with zero attached hydrogens (tertiary/aromatic N) is 4. The molecule has 2 rings (SSSR count). The predicted octanol–water partition coefficient (Wildman–Crippen LogP) is 2.01. The van der Waals surface area contributed by atoms with E-state index >= 15 is 0 Å². The average molecular weight is 260 g/mol. The van der Waals surface area contributed by atoms with Crippen molar-refractivity contribution >= 4 is 5.97 Å². The fourth-order valence-electron chi connectivity index (χ4n) is 1.93. The van der Waals surface area contributed by atoms with Crippen molar-refractivity contribution < 1.29 is 9.90 Å². The molecule has 0 aliphatic carbocycles. The summed E-state index contributed by atoms with van der Waals surface area (Å²) in [5, 5.41) is 20.7. The molecule has 0 bridgehead atoms. The first-order valence-electron chi connectivity index (χ1n) is 6.15. The molecule has 0 radical (unpaired) electrons. The molecule has 6 nitrogen and oxygen atoms in total. The molecule has 1 atom stereocenters. The number of carbonyl (C=O) groups is 1. The van der Waals surface area contributed by atoms with Crippen molar-refractivity contribution in [2.45, 2.75) is 26.3 Å². The van der Waals surface area contributed by atoms with E-state index in [4.69, 9.17) is 0 Å². The Morgan fingerprint density at radius 1 is 1.32 bits per heavy atom. The average Bonchev–Trinajstić information content (AvgIpc) is 2.85. The summed E-state index contributed by atoms with van der Waals surface area (Å²) < 4.78 is 1.39. The Kier molecular flexibility index (Phi) is 3.89. The molecule has 0 aliphatic heterocycles. The summed E-state index contributed by atoms with van der Waals surface area (Å²) in [5.41, 5.74) is 0.808. The maximum Gasteiger partial charge on any atom is 0.328 e. The second-order valence-corrected chi connectivity index (χ2v) is 4.80. The fraction of sp³-hybridized carbons (Fsp3) is 0.385. The van der Waals surface area contributed by atoms with Crippen molar-refractivity contribution in [1.82, 2.24) is 20.2 Å². The van der Waals surface area contributed by atoms with E-state index in [1.54, 1.807) is 0 Å². The molecule has 2 aromatic rings. The number of rotatable bonds is 5. The number of tetrazole rings is 1. The summed E-state index contributed by atoms with van der Waals surface area (Å²) in [7, 11) is 0. The zero-order valence-corrected chi connectivity index (χ0v) is 10.9. The number of hydrogen-bond acceptors (Lipinski definition) is 4. The van der Waals surface area contributed by atoms with Crippen molar-refractivity contribution in [2.75, 3.05) is 0 Å². The second kappa shape index (κ2) is 5.60. The zero-order valence-electron chi connectivity index (χ0n) is 10.9. The molecule has 0 aliphatic rings. The zero-order chi connectivity index (χ0) is 13.8. The van der Waals surface area contributed by atoms with Crippen LogP contribution in [0.4, 0.5) is 0 Å². The second-order valence-electron chi connectivity index (χ2n) is 4.80. The molecule has 1 aromatic heterocycles. The molecular weight excluding hydrogens is 244 g/mol. The molecule has 0 amide bonds. The minimum Gasteiger partial charge on any atom is -0.480 e. The van der Waals surface area contributed by atoms with E-state index in [1.807, 2.05) is 44.2 Å².